The van der Waals surface area contributed by atoms with E-state index in [4.69, 9.17) is 27.9 Å². The molecule has 7 nitrogen and oxygen atoms in total. The van der Waals surface area contributed by atoms with Crippen LogP contribution in [-0.4, -0.2) is 34.1 Å². The Balaban J connectivity index is 2.04. The molecule has 9 heteroatoms. The van der Waals surface area contributed by atoms with Gasteiger partial charge in [0.25, 0.3) is 11.7 Å². The summed E-state index contributed by atoms with van der Waals surface area (Å²) in [5.74, 6) is -2.84. The number of aromatic hydroxyl groups is 2. The van der Waals surface area contributed by atoms with Gasteiger partial charge in [-0.3, -0.25) is 14.5 Å². The first-order valence-corrected chi connectivity index (χ1v) is 10.4. The first kappa shape index (κ1) is 22.5. The van der Waals surface area contributed by atoms with Crippen molar-refractivity contribution < 1.29 is 29.6 Å². The number of para-hydroxylation sites is 2. The molecule has 1 saturated heterocycles. The normalized spacial score (nSPS) is 17.4. The highest BCUT2D eigenvalue weighted by molar-refractivity contribution is 6.52. The summed E-state index contributed by atoms with van der Waals surface area (Å²) in [6, 6.07) is 13.5. The highest BCUT2D eigenvalue weighted by atomic mass is 35.5. The lowest BCUT2D eigenvalue weighted by molar-refractivity contribution is -0.132. The summed E-state index contributed by atoms with van der Waals surface area (Å²) in [7, 11) is 1.33. The van der Waals surface area contributed by atoms with Gasteiger partial charge >= 0.3 is 0 Å². The Labute approximate surface area is 198 Å². The number of methoxy groups -OCH3 is 1. The minimum atomic E-state index is -1.17. The van der Waals surface area contributed by atoms with Gasteiger partial charge in [-0.15, -0.1) is 0 Å². The van der Waals surface area contributed by atoms with E-state index < -0.39 is 23.5 Å². The summed E-state index contributed by atoms with van der Waals surface area (Å²) < 4.78 is 5.29. The van der Waals surface area contributed by atoms with Gasteiger partial charge in [-0.1, -0.05) is 47.5 Å². The number of aliphatic hydroxyl groups is 1. The summed E-state index contributed by atoms with van der Waals surface area (Å²) in [5.41, 5.74) is 0.107. The van der Waals surface area contributed by atoms with E-state index in [9.17, 15) is 24.9 Å². The molecule has 3 N–H and O–H groups in total. The van der Waals surface area contributed by atoms with Crippen LogP contribution in [0.1, 0.15) is 17.2 Å². The summed E-state index contributed by atoms with van der Waals surface area (Å²) in [6.07, 6.45) is 0. The fraction of sp³-hybridized carbons (Fsp3) is 0.0833. The molecule has 33 heavy (non-hydrogen) atoms. The SMILES string of the molecule is COc1c(Cl)cc(Cl)cc1/C(O)=C1\C(=O)C(=O)N(c2ccccc2O)C1c1cccc(O)c1. The van der Waals surface area contributed by atoms with E-state index in [2.05, 4.69) is 0 Å². The van der Waals surface area contributed by atoms with Crippen molar-refractivity contribution in [3.8, 4) is 17.2 Å². The lowest BCUT2D eigenvalue weighted by atomic mass is 9.94. The number of hydrogen-bond donors (Lipinski definition) is 3. The van der Waals surface area contributed by atoms with Crippen molar-refractivity contribution in [2.24, 2.45) is 0 Å². The third-order valence-corrected chi connectivity index (χ3v) is 5.74. The molecule has 1 heterocycles. The number of phenols is 2. The molecule has 168 valence electrons. The number of nitrogens with zero attached hydrogens (tertiary/aromatic N) is 1. The van der Waals surface area contributed by atoms with Gasteiger partial charge < -0.3 is 20.1 Å². The molecule has 1 unspecified atom stereocenters. The Bertz CT molecular complexity index is 1320. The second-order valence-corrected chi connectivity index (χ2v) is 8.06. The second-order valence-electron chi connectivity index (χ2n) is 7.22. The molecule has 1 aliphatic rings. The van der Waals surface area contributed by atoms with Gasteiger partial charge in [0.1, 0.15) is 23.0 Å². The van der Waals surface area contributed by atoms with Gasteiger partial charge in [0.05, 0.1) is 35.0 Å². The Morgan fingerprint density at radius 2 is 1.73 bits per heavy atom. The second kappa shape index (κ2) is 8.69. The zero-order valence-electron chi connectivity index (χ0n) is 17.1. The van der Waals surface area contributed by atoms with Gasteiger partial charge in [0.2, 0.25) is 0 Å². The highest BCUT2D eigenvalue weighted by Gasteiger charge is 2.48. The third kappa shape index (κ3) is 3.86. The van der Waals surface area contributed by atoms with Crippen LogP contribution in [0.15, 0.2) is 66.2 Å². The number of anilines is 1. The molecule has 0 spiro atoms. The number of benzene rings is 3. The van der Waals surface area contributed by atoms with Crippen LogP contribution in [0.25, 0.3) is 5.76 Å². The van der Waals surface area contributed by atoms with E-state index >= 15 is 0 Å². The molecule has 1 amide bonds. The van der Waals surface area contributed by atoms with Crippen molar-refractivity contribution in [1.82, 2.24) is 0 Å². The van der Waals surface area contributed by atoms with Crippen LogP contribution < -0.4 is 9.64 Å². The molecule has 0 bridgehead atoms. The summed E-state index contributed by atoms with van der Waals surface area (Å²) >= 11 is 12.3. The van der Waals surface area contributed by atoms with Gasteiger partial charge in [0.15, 0.2) is 0 Å². The predicted octanol–water partition coefficient (Wildman–Crippen LogP) is 5.04. The van der Waals surface area contributed by atoms with E-state index in [0.29, 0.717) is 5.56 Å². The molecule has 3 aromatic rings. The lowest BCUT2D eigenvalue weighted by Gasteiger charge is -2.26. The van der Waals surface area contributed by atoms with Crippen molar-refractivity contribution in [3.63, 3.8) is 0 Å². The molecular formula is C24H17Cl2NO6. The maximum atomic E-state index is 13.2. The Morgan fingerprint density at radius 3 is 2.39 bits per heavy atom. The average Bonchev–Trinajstić information content (AvgIpc) is 3.04. The molecule has 0 saturated carbocycles. The van der Waals surface area contributed by atoms with Crippen LogP contribution in [0.3, 0.4) is 0 Å². The van der Waals surface area contributed by atoms with Crippen molar-refractivity contribution >= 4 is 46.3 Å². The lowest BCUT2D eigenvalue weighted by Crippen LogP contribution is -2.29. The molecule has 1 atom stereocenters. The number of ether oxygens (including phenoxy) is 1. The minimum absolute atomic E-state index is 0.00966. The fourth-order valence-corrected chi connectivity index (χ4v) is 4.42. The smallest absolute Gasteiger partial charge is 0.300 e. The van der Waals surface area contributed by atoms with E-state index in [1.165, 1.54) is 49.6 Å². The first-order chi connectivity index (χ1) is 15.7. The number of hydrogen-bond acceptors (Lipinski definition) is 6. The fourth-order valence-electron chi connectivity index (χ4n) is 3.85. The zero-order valence-corrected chi connectivity index (χ0v) is 18.6. The first-order valence-electron chi connectivity index (χ1n) is 9.66. The van der Waals surface area contributed by atoms with Crippen LogP contribution >= 0.6 is 23.2 Å². The molecule has 4 rings (SSSR count). The van der Waals surface area contributed by atoms with Crippen LogP contribution in [0.4, 0.5) is 5.69 Å². The number of carbonyl (C=O) groups excluding carboxylic acids is 2. The molecule has 0 radical (unpaired) electrons. The van der Waals surface area contributed by atoms with Crippen molar-refractivity contribution in [2.75, 3.05) is 12.0 Å². The largest absolute Gasteiger partial charge is 0.508 e. The molecule has 3 aromatic carbocycles. The number of rotatable bonds is 4. The third-order valence-electron chi connectivity index (χ3n) is 5.24. The zero-order chi connectivity index (χ0) is 23.9. The van der Waals surface area contributed by atoms with Gasteiger partial charge in [0, 0.05) is 5.02 Å². The Morgan fingerprint density at radius 1 is 1.00 bits per heavy atom. The van der Waals surface area contributed by atoms with Crippen LogP contribution in [0, 0.1) is 0 Å². The number of Topliss-reactive ketones (excluding diaryl/α,β-unsaturated/α-hetero) is 1. The number of ketones is 1. The molecule has 1 aliphatic heterocycles. The van der Waals surface area contributed by atoms with Crippen molar-refractivity contribution in [1.29, 1.82) is 0 Å². The maximum absolute atomic E-state index is 13.2. The van der Waals surface area contributed by atoms with Gasteiger partial charge in [-0.2, -0.15) is 0 Å². The molecular weight excluding hydrogens is 469 g/mol. The van der Waals surface area contributed by atoms with Gasteiger partial charge in [-0.25, -0.2) is 0 Å². The molecule has 0 aromatic heterocycles. The van der Waals surface area contributed by atoms with Crippen LogP contribution in [0.2, 0.25) is 10.0 Å². The summed E-state index contributed by atoms with van der Waals surface area (Å²) in [4.78, 5) is 27.4. The molecule has 0 aliphatic carbocycles. The van der Waals surface area contributed by atoms with Crippen LogP contribution in [0.5, 0.6) is 17.2 Å². The van der Waals surface area contributed by atoms with E-state index in [0.717, 1.165) is 4.90 Å². The number of amides is 1. The van der Waals surface area contributed by atoms with Crippen LogP contribution in [-0.2, 0) is 9.59 Å². The average molecular weight is 486 g/mol. The number of halogens is 2. The highest BCUT2D eigenvalue weighted by Crippen LogP contribution is 2.46. The van der Waals surface area contributed by atoms with E-state index in [1.54, 1.807) is 18.2 Å². The minimum Gasteiger partial charge on any atom is -0.508 e. The molecule has 1 fully saturated rings. The van der Waals surface area contributed by atoms with Crippen molar-refractivity contribution in [2.45, 2.75) is 6.04 Å². The Kier molecular flexibility index (Phi) is 5.93. The van der Waals surface area contributed by atoms with Gasteiger partial charge in [-0.05, 0) is 42.0 Å². The Hall–Kier alpha value is -3.68. The topological polar surface area (TPSA) is 107 Å². The number of carbonyl (C=O) groups is 2. The van der Waals surface area contributed by atoms with Crippen molar-refractivity contribution in [3.05, 3.63) is 87.4 Å². The predicted molar refractivity (Wildman–Crippen MR) is 124 cm³/mol. The monoisotopic (exact) mass is 485 g/mol. The number of phenolic OH excluding ortho intramolecular Hbond substituents is 2. The van der Waals surface area contributed by atoms with E-state index in [-0.39, 0.29) is 44.1 Å². The summed E-state index contributed by atoms with van der Waals surface area (Å²) in [5, 5.41) is 32.0. The quantitative estimate of drug-likeness (QED) is 0.271. The summed E-state index contributed by atoms with van der Waals surface area (Å²) in [6.45, 7) is 0. The van der Waals surface area contributed by atoms with E-state index in [1.807, 2.05) is 0 Å². The maximum Gasteiger partial charge on any atom is 0.300 e. The number of aliphatic hydroxyl groups excluding tert-OH is 1. The standard InChI is InChI=1S/C24H17Cl2NO6/c1-33-23-15(10-13(25)11-16(23)26)21(30)19-20(12-5-4-6-14(28)9-12)27(24(32)22(19)31)17-7-2-3-8-18(17)29/h2-11,20,28-30H,1H3/b21-19+.